The van der Waals surface area contributed by atoms with Gasteiger partial charge in [-0.2, -0.15) is 0 Å². The molecule has 0 unspecified atom stereocenters. The number of anilines is 1. The van der Waals surface area contributed by atoms with Gasteiger partial charge < -0.3 is 4.90 Å². The third-order valence-corrected chi connectivity index (χ3v) is 3.65. The summed E-state index contributed by atoms with van der Waals surface area (Å²) in [7, 11) is 1.90. The van der Waals surface area contributed by atoms with Gasteiger partial charge in [0.05, 0.1) is 5.69 Å². The lowest BCUT2D eigenvalue weighted by atomic mass is 10.2. The van der Waals surface area contributed by atoms with Gasteiger partial charge in [-0.3, -0.25) is 4.98 Å². The first kappa shape index (κ1) is 14.0. The number of alkyl halides is 1. The molecule has 2 rings (SSSR count). The molecule has 0 atom stereocenters. The Balaban J connectivity index is 2.02. The van der Waals surface area contributed by atoms with E-state index in [1.54, 1.807) is 12.3 Å². The Morgan fingerprint density at radius 3 is 2.74 bits per heavy atom. The average molecular weight is 323 g/mol. The van der Waals surface area contributed by atoms with Gasteiger partial charge in [0.1, 0.15) is 5.82 Å². The molecule has 0 aliphatic rings. The number of pyridine rings is 1. The van der Waals surface area contributed by atoms with Gasteiger partial charge in [0.2, 0.25) is 0 Å². The van der Waals surface area contributed by atoms with Crippen molar-refractivity contribution < 1.29 is 4.39 Å². The highest BCUT2D eigenvalue weighted by Gasteiger charge is 2.08. The summed E-state index contributed by atoms with van der Waals surface area (Å²) in [6.07, 6.45) is 2.58. The maximum Gasteiger partial charge on any atom is 0.146 e. The van der Waals surface area contributed by atoms with E-state index < -0.39 is 0 Å². The highest BCUT2D eigenvalue weighted by molar-refractivity contribution is 9.08. The second kappa shape index (κ2) is 6.66. The van der Waals surface area contributed by atoms with Crippen LogP contribution in [0.3, 0.4) is 0 Å². The Bertz CT molecular complexity index is 531. The molecule has 1 aromatic carbocycles. The van der Waals surface area contributed by atoms with E-state index in [9.17, 15) is 4.39 Å². The molecule has 0 fully saturated rings. The Labute approximate surface area is 121 Å². The number of hydrogen-bond acceptors (Lipinski definition) is 2. The lowest BCUT2D eigenvalue weighted by Crippen LogP contribution is -2.21. The number of nitrogens with zero attached hydrogens (tertiary/aromatic N) is 2. The van der Waals surface area contributed by atoms with Crippen LogP contribution in [0.4, 0.5) is 10.1 Å². The zero-order chi connectivity index (χ0) is 13.7. The molecule has 100 valence electrons. The second-order valence-electron chi connectivity index (χ2n) is 4.41. The largest absolute Gasteiger partial charge is 0.372 e. The lowest BCUT2D eigenvalue weighted by Gasteiger charge is -2.20. The van der Waals surface area contributed by atoms with Gasteiger partial charge in [-0.25, -0.2) is 4.39 Å². The molecule has 1 heterocycles. The highest BCUT2D eigenvalue weighted by Crippen LogP contribution is 2.20. The van der Waals surface area contributed by atoms with Crippen LogP contribution in [-0.2, 0) is 11.8 Å². The molecule has 0 radical (unpaired) electrons. The maximum atomic E-state index is 13.9. The average Bonchev–Trinajstić information content (AvgIpc) is 2.45. The zero-order valence-corrected chi connectivity index (χ0v) is 12.4. The summed E-state index contributed by atoms with van der Waals surface area (Å²) in [6.45, 7) is 0.738. The molecular formula is C15H16BrFN2. The Morgan fingerprint density at radius 1 is 1.26 bits per heavy atom. The number of likely N-dealkylation sites (N-methyl/N-ethyl adjacent to an activating group) is 1. The fourth-order valence-corrected chi connectivity index (χ4v) is 2.24. The van der Waals surface area contributed by atoms with Gasteiger partial charge >= 0.3 is 0 Å². The zero-order valence-electron chi connectivity index (χ0n) is 10.8. The van der Waals surface area contributed by atoms with E-state index in [1.165, 1.54) is 0 Å². The summed E-state index contributed by atoms with van der Waals surface area (Å²) < 4.78 is 13.9. The van der Waals surface area contributed by atoms with Crippen LogP contribution in [0.2, 0.25) is 0 Å². The van der Waals surface area contributed by atoms with Gasteiger partial charge in [0.15, 0.2) is 0 Å². The van der Waals surface area contributed by atoms with Crippen LogP contribution >= 0.6 is 15.9 Å². The quantitative estimate of drug-likeness (QED) is 0.778. The van der Waals surface area contributed by atoms with Crippen molar-refractivity contribution in [3.05, 3.63) is 59.7 Å². The smallest absolute Gasteiger partial charge is 0.146 e. The van der Waals surface area contributed by atoms with Gasteiger partial charge in [0.25, 0.3) is 0 Å². The molecule has 2 aromatic rings. The van der Waals surface area contributed by atoms with E-state index in [2.05, 4.69) is 20.9 Å². The third-order valence-electron chi connectivity index (χ3n) is 3.01. The molecule has 4 heteroatoms. The van der Waals surface area contributed by atoms with Crippen molar-refractivity contribution in [3.63, 3.8) is 0 Å². The summed E-state index contributed by atoms with van der Waals surface area (Å²) in [4.78, 5) is 6.19. The normalized spacial score (nSPS) is 10.5. The van der Waals surface area contributed by atoms with E-state index in [1.807, 2.05) is 42.3 Å². The molecule has 0 aliphatic heterocycles. The Kier molecular flexibility index (Phi) is 4.91. The number of aromatic nitrogens is 1. The molecule has 0 amide bonds. The predicted octanol–water partition coefficient (Wildman–Crippen LogP) is 3.79. The van der Waals surface area contributed by atoms with E-state index in [0.717, 1.165) is 24.2 Å². The number of halogens is 2. The van der Waals surface area contributed by atoms with E-state index in [4.69, 9.17) is 0 Å². The molecule has 0 spiro atoms. The second-order valence-corrected chi connectivity index (χ2v) is 4.97. The SMILES string of the molecule is CN(CCc1ccccn1)c1ccc(CBr)cc1F. The van der Waals surface area contributed by atoms with Crippen LogP contribution < -0.4 is 4.90 Å². The number of benzene rings is 1. The topological polar surface area (TPSA) is 16.1 Å². The molecule has 0 saturated carbocycles. The van der Waals surface area contributed by atoms with Gasteiger partial charge in [-0.05, 0) is 29.8 Å². The van der Waals surface area contributed by atoms with Crippen LogP contribution in [0.1, 0.15) is 11.3 Å². The third kappa shape index (κ3) is 3.77. The molecule has 0 aliphatic carbocycles. The molecule has 19 heavy (non-hydrogen) atoms. The van der Waals surface area contributed by atoms with Crippen LogP contribution in [0.15, 0.2) is 42.6 Å². The summed E-state index contributed by atoms with van der Waals surface area (Å²) in [5.74, 6) is -0.180. The van der Waals surface area contributed by atoms with E-state index >= 15 is 0 Å². The monoisotopic (exact) mass is 322 g/mol. The van der Waals surface area contributed by atoms with Crippen LogP contribution in [0.25, 0.3) is 0 Å². The fourth-order valence-electron chi connectivity index (χ4n) is 1.89. The van der Waals surface area contributed by atoms with E-state index in [0.29, 0.717) is 11.0 Å². The highest BCUT2D eigenvalue weighted by atomic mass is 79.9. The minimum atomic E-state index is -0.180. The fraction of sp³-hybridized carbons (Fsp3) is 0.267. The Hall–Kier alpha value is -1.42. The predicted molar refractivity (Wildman–Crippen MR) is 80.2 cm³/mol. The van der Waals surface area contributed by atoms with Crippen molar-refractivity contribution in [3.8, 4) is 0 Å². The van der Waals surface area contributed by atoms with Gasteiger partial charge in [0, 0.05) is 37.2 Å². The van der Waals surface area contributed by atoms with Gasteiger partial charge in [-0.15, -0.1) is 0 Å². The molecular weight excluding hydrogens is 307 g/mol. The molecule has 0 bridgehead atoms. The molecule has 2 nitrogen and oxygen atoms in total. The number of hydrogen-bond donors (Lipinski definition) is 0. The summed E-state index contributed by atoms with van der Waals surface area (Å²) in [5.41, 5.74) is 2.59. The van der Waals surface area contributed by atoms with Crippen molar-refractivity contribution in [2.75, 3.05) is 18.5 Å². The minimum Gasteiger partial charge on any atom is -0.372 e. The first-order valence-electron chi connectivity index (χ1n) is 6.16. The Morgan fingerprint density at radius 2 is 2.11 bits per heavy atom. The van der Waals surface area contributed by atoms with Crippen molar-refractivity contribution in [2.45, 2.75) is 11.8 Å². The first-order valence-corrected chi connectivity index (χ1v) is 7.28. The van der Waals surface area contributed by atoms with Crippen molar-refractivity contribution in [1.82, 2.24) is 4.98 Å². The van der Waals surface area contributed by atoms with Crippen LogP contribution in [0, 0.1) is 5.82 Å². The lowest BCUT2D eigenvalue weighted by molar-refractivity contribution is 0.620. The van der Waals surface area contributed by atoms with E-state index in [-0.39, 0.29) is 5.82 Å². The van der Waals surface area contributed by atoms with Crippen LogP contribution in [0.5, 0.6) is 0 Å². The molecule has 1 aromatic heterocycles. The maximum absolute atomic E-state index is 13.9. The van der Waals surface area contributed by atoms with Crippen molar-refractivity contribution in [2.24, 2.45) is 0 Å². The van der Waals surface area contributed by atoms with Crippen LogP contribution in [-0.4, -0.2) is 18.6 Å². The van der Waals surface area contributed by atoms with Gasteiger partial charge in [-0.1, -0.05) is 28.1 Å². The standard InChI is InChI=1S/C15H16BrFN2/c1-19(9-7-13-4-2-3-8-18-13)15-6-5-12(11-16)10-14(15)17/h2-6,8,10H,7,9,11H2,1H3. The number of rotatable bonds is 5. The van der Waals surface area contributed by atoms with Crippen molar-refractivity contribution >= 4 is 21.6 Å². The molecule has 0 N–H and O–H groups in total. The molecule has 0 saturated heterocycles. The van der Waals surface area contributed by atoms with Crippen molar-refractivity contribution in [1.29, 1.82) is 0 Å². The minimum absolute atomic E-state index is 0.180. The summed E-state index contributed by atoms with van der Waals surface area (Å²) in [6, 6.07) is 11.2. The summed E-state index contributed by atoms with van der Waals surface area (Å²) >= 11 is 3.33. The summed E-state index contributed by atoms with van der Waals surface area (Å²) in [5, 5.41) is 0.669. The first-order chi connectivity index (χ1) is 9.20.